The highest BCUT2D eigenvalue weighted by Crippen LogP contribution is 2.30. The first-order chi connectivity index (χ1) is 10.0. The number of aromatic nitrogens is 1. The second-order valence-corrected chi connectivity index (χ2v) is 5.03. The maximum Gasteiger partial charge on any atom is 0.211 e. The van der Waals surface area contributed by atoms with Gasteiger partial charge in [0.2, 0.25) is 5.89 Å². The number of nitrogens with one attached hydrogen (secondary N) is 1. The molecular weight excluding hydrogens is 268 g/mol. The van der Waals surface area contributed by atoms with Crippen molar-refractivity contribution in [3.05, 3.63) is 41.6 Å². The van der Waals surface area contributed by atoms with E-state index in [0.29, 0.717) is 5.89 Å². The smallest absolute Gasteiger partial charge is 0.211 e. The largest absolute Gasteiger partial charge is 0.497 e. The molecule has 2 atom stereocenters. The summed E-state index contributed by atoms with van der Waals surface area (Å²) in [5.74, 6) is 3.12. The summed E-state index contributed by atoms with van der Waals surface area (Å²) in [7, 11) is 3.32. The lowest BCUT2D eigenvalue weighted by Gasteiger charge is -2.21. The number of oxazole rings is 1. The Balaban J connectivity index is 2.17. The van der Waals surface area contributed by atoms with E-state index in [1.807, 2.05) is 32.0 Å². The first kappa shape index (κ1) is 15.4. The highest BCUT2D eigenvalue weighted by atomic mass is 16.5. The Hall–Kier alpha value is -2.01. The fourth-order valence-electron chi connectivity index (χ4n) is 2.29. The zero-order valence-corrected chi connectivity index (χ0v) is 13.1. The molecule has 1 heterocycles. The summed E-state index contributed by atoms with van der Waals surface area (Å²) in [5, 5.41) is 3.46. The Morgan fingerprint density at radius 3 is 2.48 bits per heavy atom. The lowest BCUT2D eigenvalue weighted by atomic mass is 10.1. The maximum absolute atomic E-state index is 5.55. The minimum Gasteiger partial charge on any atom is -0.497 e. The van der Waals surface area contributed by atoms with Crippen LogP contribution in [0.3, 0.4) is 0 Å². The van der Waals surface area contributed by atoms with Crippen molar-refractivity contribution in [2.24, 2.45) is 0 Å². The van der Waals surface area contributed by atoms with Crippen molar-refractivity contribution in [2.75, 3.05) is 14.2 Å². The molecule has 1 aromatic heterocycles. The van der Waals surface area contributed by atoms with Gasteiger partial charge >= 0.3 is 0 Å². The second-order valence-electron chi connectivity index (χ2n) is 5.03. The molecule has 0 aliphatic heterocycles. The van der Waals surface area contributed by atoms with Crippen LogP contribution in [0.2, 0.25) is 0 Å². The van der Waals surface area contributed by atoms with Crippen LogP contribution < -0.4 is 14.8 Å². The first-order valence-corrected chi connectivity index (χ1v) is 6.95. The van der Waals surface area contributed by atoms with Crippen LogP contribution in [0.5, 0.6) is 11.5 Å². The number of benzene rings is 1. The highest BCUT2D eigenvalue weighted by molar-refractivity contribution is 5.42. The summed E-state index contributed by atoms with van der Waals surface area (Å²) in [4.78, 5) is 4.25. The van der Waals surface area contributed by atoms with Crippen LogP contribution >= 0.6 is 0 Å². The van der Waals surface area contributed by atoms with Gasteiger partial charge in [-0.15, -0.1) is 0 Å². The second kappa shape index (κ2) is 6.63. The predicted octanol–water partition coefficient (Wildman–Crippen LogP) is 3.41. The average molecular weight is 290 g/mol. The molecule has 2 unspecified atom stereocenters. The molecule has 0 radical (unpaired) electrons. The standard InChI is InChI=1S/C16H22N2O3/c1-10-9-17-16(21-10)12(3)18-11(2)14-8-13(19-4)6-7-15(14)20-5/h6-9,11-12,18H,1-5H3. The van der Waals surface area contributed by atoms with Crippen LogP contribution in [-0.4, -0.2) is 19.2 Å². The Morgan fingerprint density at radius 2 is 1.90 bits per heavy atom. The summed E-state index contributed by atoms with van der Waals surface area (Å²) < 4.78 is 16.3. The van der Waals surface area contributed by atoms with E-state index in [2.05, 4.69) is 17.2 Å². The molecule has 1 N–H and O–H groups in total. The topological polar surface area (TPSA) is 56.5 Å². The monoisotopic (exact) mass is 290 g/mol. The molecule has 5 nitrogen and oxygen atoms in total. The Kier molecular flexibility index (Phi) is 4.85. The number of nitrogens with zero attached hydrogens (tertiary/aromatic N) is 1. The number of hydrogen-bond donors (Lipinski definition) is 1. The fourth-order valence-corrected chi connectivity index (χ4v) is 2.29. The first-order valence-electron chi connectivity index (χ1n) is 6.95. The van der Waals surface area contributed by atoms with E-state index in [4.69, 9.17) is 13.9 Å². The van der Waals surface area contributed by atoms with E-state index in [-0.39, 0.29) is 12.1 Å². The summed E-state index contributed by atoms with van der Waals surface area (Å²) in [6.45, 7) is 5.98. The van der Waals surface area contributed by atoms with Gasteiger partial charge < -0.3 is 13.9 Å². The number of hydrogen-bond acceptors (Lipinski definition) is 5. The molecule has 0 aliphatic carbocycles. The molecule has 2 aromatic rings. The maximum atomic E-state index is 5.55. The molecule has 0 bridgehead atoms. The van der Waals surface area contributed by atoms with Gasteiger partial charge in [-0.1, -0.05) is 0 Å². The van der Waals surface area contributed by atoms with Crippen molar-refractivity contribution in [2.45, 2.75) is 32.9 Å². The zero-order valence-electron chi connectivity index (χ0n) is 13.1. The van der Waals surface area contributed by atoms with Crippen LogP contribution in [0.25, 0.3) is 0 Å². The summed E-state index contributed by atoms with van der Waals surface area (Å²) in [5.41, 5.74) is 1.03. The Bertz CT molecular complexity index is 595. The van der Waals surface area contributed by atoms with Gasteiger partial charge in [0.05, 0.1) is 26.5 Å². The van der Waals surface area contributed by atoms with Crippen molar-refractivity contribution in [3.8, 4) is 11.5 Å². The van der Waals surface area contributed by atoms with E-state index < -0.39 is 0 Å². The third-order valence-electron chi connectivity index (χ3n) is 3.41. The van der Waals surface area contributed by atoms with Gasteiger partial charge in [-0.3, -0.25) is 5.32 Å². The van der Waals surface area contributed by atoms with E-state index in [0.717, 1.165) is 22.8 Å². The molecule has 1 aromatic carbocycles. The van der Waals surface area contributed by atoms with Crippen molar-refractivity contribution in [1.29, 1.82) is 0 Å². The van der Waals surface area contributed by atoms with Crippen molar-refractivity contribution in [3.63, 3.8) is 0 Å². The lowest BCUT2D eigenvalue weighted by Crippen LogP contribution is -2.23. The molecule has 0 fully saturated rings. The van der Waals surface area contributed by atoms with E-state index >= 15 is 0 Å². The van der Waals surface area contributed by atoms with Crippen molar-refractivity contribution < 1.29 is 13.9 Å². The quantitative estimate of drug-likeness (QED) is 0.883. The van der Waals surface area contributed by atoms with Crippen LogP contribution in [0.15, 0.2) is 28.8 Å². The zero-order chi connectivity index (χ0) is 15.4. The Labute approximate surface area is 125 Å². The van der Waals surface area contributed by atoms with E-state index in [1.54, 1.807) is 20.4 Å². The van der Waals surface area contributed by atoms with Gasteiger partial charge in [0, 0.05) is 11.6 Å². The van der Waals surface area contributed by atoms with Gasteiger partial charge in [0.15, 0.2) is 0 Å². The third-order valence-corrected chi connectivity index (χ3v) is 3.41. The molecule has 21 heavy (non-hydrogen) atoms. The van der Waals surface area contributed by atoms with Crippen molar-refractivity contribution >= 4 is 0 Å². The predicted molar refractivity (Wildman–Crippen MR) is 80.8 cm³/mol. The van der Waals surface area contributed by atoms with Gasteiger partial charge in [-0.25, -0.2) is 4.98 Å². The van der Waals surface area contributed by atoms with Gasteiger partial charge in [-0.2, -0.15) is 0 Å². The molecule has 2 rings (SSSR count). The number of ether oxygens (including phenoxy) is 2. The normalized spacial score (nSPS) is 13.8. The molecule has 5 heteroatoms. The molecule has 0 saturated heterocycles. The fraction of sp³-hybridized carbons (Fsp3) is 0.438. The van der Waals surface area contributed by atoms with E-state index in [9.17, 15) is 0 Å². The minimum absolute atomic E-state index is 0.00427. The van der Waals surface area contributed by atoms with Crippen LogP contribution in [0.1, 0.15) is 43.1 Å². The highest BCUT2D eigenvalue weighted by Gasteiger charge is 2.18. The molecular formula is C16H22N2O3. The lowest BCUT2D eigenvalue weighted by molar-refractivity contribution is 0.364. The minimum atomic E-state index is 0.00427. The summed E-state index contributed by atoms with van der Waals surface area (Å²) in [6.07, 6.45) is 1.73. The molecule has 114 valence electrons. The van der Waals surface area contributed by atoms with E-state index in [1.165, 1.54) is 0 Å². The summed E-state index contributed by atoms with van der Waals surface area (Å²) in [6, 6.07) is 5.84. The SMILES string of the molecule is COc1ccc(OC)c(C(C)NC(C)c2ncc(C)o2)c1. The van der Waals surface area contributed by atoms with Crippen LogP contribution in [0, 0.1) is 6.92 Å². The van der Waals surface area contributed by atoms with Crippen LogP contribution in [-0.2, 0) is 0 Å². The molecule has 0 amide bonds. The number of rotatable bonds is 6. The van der Waals surface area contributed by atoms with Gasteiger partial charge in [0.25, 0.3) is 0 Å². The average Bonchev–Trinajstić information content (AvgIpc) is 2.93. The van der Waals surface area contributed by atoms with Gasteiger partial charge in [-0.05, 0) is 39.0 Å². The van der Waals surface area contributed by atoms with Gasteiger partial charge in [0.1, 0.15) is 17.3 Å². The van der Waals surface area contributed by atoms with Crippen molar-refractivity contribution in [1.82, 2.24) is 10.3 Å². The summed E-state index contributed by atoms with van der Waals surface area (Å²) >= 11 is 0. The van der Waals surface area contributed by atoms with Crippen LogP contribution in [0.4, 0.5) is 0 Å². The molecule has 0 saturated carbocycles. The third kappa shape index (κ3) is 3.55. The number of aryl methyl sites for hydroxylation is 1. The molecule has 0 aliphatic rings. The molecule has 0 spiro atoms. The Morgan fingerprint density at radius 1 is 1.14 bits per heavy atom. The number of methoxy groups -OCH3 is 2.